The second kappa shape index (κ2) is 10.8. The third kappa shape index (κ3) is 6.85. The van der Waals surface area contributed by atoms with Crippen molar-refractivity contribution in [2.24, 2.45) is 10.7 Å². The molecule has 0 fully saturated rings. The van der Waals surface area contributed by atoms with Gasteiger partial charge in [-0.25, -0.2) is 9.98 Å². The highest BCUT2D eigenvalue weighted by molar-refractivity contribution is 14.0. The normalized spacial score (nSPS) is 10.7. The number of nitrogens with two attached hydrogens (primary N) is 1. The molecule has 0 aliphatic rings. The van der Waals surface area contributed by atoms with Crippen LogP contribution in [-0.2, 0) is 13.2 Å². The van der Waals surface area contributed by atoms with Gasteiger partial charge >= 0.3 is 0 Å². The van der Waals surface area contributed by atoms with Gasteiger partial charge in [-0.15, -0.1) is 24.0 Å². The van der Waals surface area contributed by atoms with E-state index in [1.165, 1.54) is 0 Å². The van der Waals surface area contributed by atoms with Crippen molar-refractivity contribution in [3.63, 3.8) is 0 Å². The summed E-state index contributed by atoms with van der Waals surface area (Å²) in [5.74, 6) is 1.04. The highest BCUT2D eigenvalue weighted by Crippen LogP contribution is 2.17. The van der Waals surface area contributed by atoms with Gasteiger partial charge in [0.15, 0.2) is 5.96 Å². The van der Waals surface area contributed by atoms with Crippen LogP contribution in [0, 0.1) is 0 Å². The van der Waals surface area contributed by atoms with E-state index in [1.54, 1.807) is 6.20 Å². The Morgan fingerprint density at radius 3 is 2.74 bits per heavy atom. The van der Waals surface area contributed by atoms with Crippen LogP contribution < -0.4 is 15.8 Å². The molecule has 0 unspecified atom stereocenters. The lowest BCUT2D eigenvalue weighted by molar-refractivity contribution is 0.290. The molecule has 0 aliphatic carbocycles. The summed E-state index contributed by atoms with van der Waals surface area (Å²) in [6.45, 7) is 3.83. The molecule has 0 atom stereocenters. The maximum Gasteiger partial charge on any atom is 0.218 e. The molecule has 0 radical (unpaired) electrons. The Balaban J connectivity index is 0.00000264. The zero-order valence-corrected chi connectivity index (χ0v) is 15.6. The summed E-state index contributed by atoms with van der Waals surface area (Å²) in [7, 11) is 0. The van der Waals surface area contributed by atoms with Crippen molar-refractivity contribution in [3.05, 3.63) is 59.8 Å². The number of hydrogen-bond donors (Lipinski definition) is 2. The van der Waals surface area contributed by atoms with Crippen LogP contribution in [0.5, 0.6) is 5.88 Å². The van der Waals surface area contributed by atoms with Crippen molar-refractivity contribution in [2.75, 3.05) is 6.54 Å². The first-order valence-corrected chi connectivity index (χ1v) is 7.44. The summed E-state index contributed by atoms with van der Waals surface area (Å²) in [4.78, 5) is 8.59. The molecule has 0 bridgehead atoms. The SMILES string of the molecule is CCCNC(N)=NCc1cccnc1OCc1ccccc1.I. The van der Waals surface area contributed by atoms with E-state index in [1.807, 2.05) is 42.5 Å². The molecule has 0 saturated carbocycles. The summed E-state index contributed by atoms with van der Waals surface area (Å²) in [6, 6.07) is 13.8. The van der Waals surface area contributed by atoms with Gasteiger partial charge in [-0.05, 0) is 18.1 Å². The molecule has 23 heavy (non-hydrogen) atoms. The van der Waals surface area contributed by atoms with Crippen LogP contribution in [0.3, 0.4) is 0 Å². The number of aliphatic imine (C=N–C) groups is 1. The fourth-order valence-electron chi connectivity index (χ4n) is 1.88. The topological polar surface area (TPSA) is 72.5 Å². The Morgan fingerprint density at radius 2 is 2.00 bits per heavy atom. The van der Waals surface area contributed by atoms with E-state index < -0.39 is 0 Å². The van der Waals surface area contributed by atoms with Crippen molar-refractivity contribution in [1.82, 2.24) is 10.3 Å². The first-order valence-electron chi connectivity index (χ1n) is 7.44. The van der Waals surface area contributed by atoms with Crippen molar-refractivity contribution >= 4 is 29.9 Å². The lowest BCUT2D eigenvalue weighted by Crippen LogP contribution is -2.32. The molecule has 0 aliphatic heterocycles. The average Bonchev–Trinajstić information content (AvgIpc) is 2.58. The standard InChI is InChI=1S/C17H22N4O.HI/c1-2-10-20-17(18)21-12-15-9-6-11-19-16(15)22-13-14-7-4-3-5-8-14;/h3-9,11H,2,10,12-13H2,1H3,(H3,18,20,21);1H. The van der Waals surface area contributed by atoms with Crippen LogP contribution in [0.1, 0.15) is 24.5 Å². The molecule has 6 heteroatoms. The Labute approximate surface area is 154 Å². The minimum Gasteiger partial charge on any atom is -0.473 e. The van der Waals surface area contributed by atoms with Gasteiger partial charge < -0.3 is 15.8 Å². The molecular weight excluding hydrogens is 403 g/mol. The molecule has 2 aromatic rings. The number of aromatic nitrogens is 1. The molecule has 5 nitrogen and oxygen atoms in total. The summed E-state index contributed by atoms with van der Waals surface area (Å²) >= 11 is 0. The van der Waals surface area contributed by atoms with Crippen LogP contribution >= 0.6 is 24.0 Å². The fraction of sp³-hybridized carbons (Fsp3) is 0.294. The second-order valence-corrected chi connectivity index (χ2v) is 4.87. The molecule has 1 aromatic carbocycles. The van der Waals surface area contributed by atoms with Gasteiger partial charge in [-0.2, -0.15) is 0 Å². The number of nitrogens with one attached hydrogen (secondary N) is 1. The molecule has 0 saturated heterocycles. The number of ether oxygens (including phenoxy) is 1. The first-order chi connectivity index (χ1) is 10.8. The van der Waals surface area contributed by atoms with Gasteiger partial charge in [0.1, 0.15) is 6.61 Å². The van der Waals surface area contributed by atoms with Crippen LogP contribution in [0.25, 0.3) is 0 Å². The van der Waals surface area contributed by atoms with E-state index in [9.17, 15) is 0 Å². The van der Waals surface area contributed by atoms with E-state index in [4.69, 9.17) is 10.5 Å². The number of benzene rings is 1. The summed E-state index contributed by atoms with van der Waals surface area (Å²) in [5, 5.41) is 3.05. The fourth-order valence-corrected chi connectivity index (χ4v) is 1.88. The maximum atomic E-state index is 5.80. The zero-order valence-electron chi connectivity index (χ0n) is 13.2. The van der Waals surface area contributed by atoms with E-state index in [2.05, 4.69) is 22.2 Å². The van der Waals surface area contributed by atoms with Gasteiger partial charge in [0, 0.05) is 18.3 Å². The van der Waals surface area contributed by atoms with E-state index >= 15 is 0 Å². The smallest absolute Gasteiger partial charge is 0.218 e. The molecule has 124 valence electrons. The molecular formula is C17H23IN4O. The molecule has 0 spiro atoms. The Hall–Kier alpha value is -1.83. The van der Waals surface area contributed by atoms with Gasteiger partial charge in [0.25, 0.3) is 0 Å². The second-order valence-electron chi connectivity index (χ2n) is 4.87. The number of rotatable bonds is 7. The highest BCUT2D eigenvalue weighted by atomic mass is 127. The highest BCUT2D eigenvalue weighted by Gasteiger charge is 2.05. The Morgan fingerprint density at radius 1 is 1.22 bits per heavy atom. The lowest BCUT2D eigenvalue weighted by atomic mass is 10.2. The number of guanidine groups is 1. The minimum absolute atomic E-state index is 0. The van der Waals surface area contributed by atoms with Crippen molar-refractivity contribution in [1.29, 1.82) is 0 Å². The quantitative estimate of drug-likeness (QED) is 0.406. The molecule has 0 amide bonds. The first kappa shape index (κ1) is 19.2. The molecule has 1 heterocycles. The lowest BCUT2D eigenvalue weighted by Gasteiger charge is -2.09. The summed E-state index contributed by atoms with van der Waals surface area (Å²) in [6.07, 6.45) is 2.72. The third-order valence-electron chi connectivity index (χ3n) is 3.04. The largest absolute Gasteiger partial charge is 0.473 e. The van der Waals surface area contributed by atoms with E-state index in [-0.39, 0.29) is 24.0 Å². The molecule has 2 rings (SSSR count). The molecule has 3 N–H and O–H groups in total. The van der Waals surface area contributed by atoms with Gasteiger partial charge in [0.2, 0.25) is 5.88 Å². The van der Waals surface area contributed by atoms with E-state index in [0.29, 0.717) is 25.0 Å². The van der Waals surface area contributed by atoms with Crippen molar-refractivity contribution in [3.8, 4) is 5.88 Å². The predicted molar refractivity (Wildman–Crippen MR) is 104 cm³/mol. The minimum atomic E-state index is 0. The number of nitrogens with zero attached hydrogens (tertiary/aromatic N) is 2. The summed E-state index contributed by atoms with van der Waals surface area (Å²) < 4.78 is 5.80. The van der Waals surface area contributed by atoms with Gasteiger partial charge in [-0.1, -0.05) is 43.3 Å². The van der Waals surface area contributed by atoms with Crippen LogP contribution in [0.4, 0.5) is 0 Å². The van der Waals surface area contributed by atoms with Crippen LogP contribution in [0.15, 0.2) is 53.7 Å². The number of hydrogen-bond acceptors (Lipinski definition) is 3. The van der Waals surface area contributed by atoms with Crippen LogP contribution in [-0.4, -0.2) is 17.5 Å². The Bertz CT molecular complexity index is 605. The molecule has 1 aromatic heterocycles. The maximum absolute atomic E-state index is 5.80. The summed E-state index contributed by atoms with van der Waals surface area (Å²) in [5.41, 5.74) is 7.82. The number of halogens is 1. The average molecular weight is 426 g/mol. The predicted octanol–water partition coefficient (Wildman–Crippen LogP) is 3.09. The Kier molecular flexibility index (Phi) is 9.04. The van der Waals surface area contributed by atoms with Crippen molar-refractivity contribution in [2.45, 2.75) is 26.5 Å². The van der Waals surface area contributed by atoms with Crippen LogP contribution in [0.2, 0.25) is 0 Å². The number of pyridine rings is 1. The van der Waals surface area contributed by atoms with Gasteiger partial charge in [-0.3, -0.25) is 0 Å². The van der Waals surface area contributed by atoms with E-state index in [0.717, 1.165) is 24.1 Å². The van der Waals surface area contributed by atoms with Gasteiger partial charge in [0.05, 0.1) is 6.54 Å². The zero-order chi connectivity index (χ0) is 15.6. The monoisotopic (exact) mass is 426 g/mol. The van der Waals surface area contributed by atoms with Crippen molar-refractivity contribution < 1.29 is 4.74 Å². The third-order valence-corrected chi connectivity index (χ3v) is 3.04.